The van der Waals surface area contributed by atoms with Gasteiger partial charge in [0.25, 0.3) is 0 Å². The number of carbonyl (C=O) groups excluding carboxylic acids is 1. The average molecular weight is 224 g/mol. The van der Waals surface area contributed by atoms with Crippen LogP contribution in [0.3, 0.4) is 0 Å². The summed E-state index contributed by atoms with van der Waals surface area (Å²) in [5.41, 5.74) is 0. The number of hydrogen-bond acceptors (Lipinski definition) is 2. The van der Waals surface area contributed by atoms with Gasteiger partial charge in [-0.1, -0.05) is 12.5 Å². The second-order valence-electron chi connectivity index (χ2n) is 3.07. The molecule has 0 unspecified atom stereocenters. The van der Waals surface area contributed by atoms with E-state index in [1.807, 2.05) is 6.08 Å². The maximum Gasteiger partial charge on any atom is 0.244 e. The fraction of sp³-hybridized carbons (Fsp3) is 0.667. The van der Waals surface area contributed by atoms with Crippen LogP contribution >= 0.6 is 24.0 Å². The molecule has 1 heterocycles. The lowest BCUT2D eigenvalue weighted by molar-refractivity contribution is -0.107. The van der Waals surface area contributed by atoms with Crippen LogP contribution in [0.5, 0.6) is 0 Å². The molecule has 0 atom stereocenters. The number of rotatable bonds is 3. The summed E-state index contributed by atoms with van der Waals surface area (Å²) in [5.74, 6) is 0. The first-order valence-corrected chi connectivity index (χ1v) is 4.75. The molecule has 0 aliphatic carbocycles. The van der Waals surface area contributed by atoms with Gasteiger partial charge in [0.1, 0.15) is 0 Å². The monoisotopic (exact) mass is 223 g/mol. The van der Waals surface area contributed by atoms with E-state index in [0.29, 0.717) is 0 Å². The molecule has 0 aromatic carbocycles. The van der Waals surface area contributed by atoms with Gasteiger partial charge in [0.05, 0.1) is 0 Å². The van der Waals surface area contributed by atoms with Crippen molar-refractivity contribution in [2.75, 3.05) is 19.6 Å². The molecule has 13 heavy (non-hydrogen) atoms. The van der Waals surface area contributed by atoms with E-state index >= 15 is 0 Å². The average Bonchev–Trinajstić information content (AvgIpc) is 2.05. The number of allylic oxidation sites excluding steroid dienone is 1. The summed E-state index contributed by atoms with van der Waals surface area (Å²) in [6, 6.07) is 0. The van der Waals surface area contributed by atoms with E-state index in [0.717, 1.165) is 19.6 Å². The topological polar surface area (TPSA) is 20.3 Å². The summed E-state index contributed by atoms with van der Waals surface area (Å²) in [4.78, 5) is 12.7. The van der Waals surface area contributed by atoms with Gasteiger partial charge < -0.3 is 0 Å². The first-order valence-electron chi connectivity index (χ1n) is 4.37. The van der Waals surface area contributed by atoms with E-state index in [-0.39, 0.29) is 17.6 Å². The van der Waals surface area contributed by atoms with Crippen LogP contribution in [0.4, 0.5) is 0 Å². The molecule has 2 nitrogen and oxygen atoms in total. The first kappa shape index (κ1) is 12.9. The zero-order chi connectivity index (χ0) is 8.81. The van der Waals surface area contributed by atoms with Crippen LogP contribution in [0.2, 0.25) is 0 Å². The molecule has 76 valence electrons. The first-order chi connectivity index (χ1) is 5.79. The molecule has 0 bridgehead atoms. The molecule has 1 fully saturated rings. The third kappa shape index (κ3) is 6.08. The summed E-state index contributed by atoms with van der Waals surface area (Å²) in [6.07, 6.45) is 7.16. The fourth-order valence-electron chi connectivity index (χ4n) is 1.44. The lowest BCUT2D eigenvalue weighted by atomic mass is 10.1. The number of hydrogen-bond donors (Lipinski definition) is 0. The van der Waals surface area contributed by atoms with Crippen LogP contribution in [-0.2, 0) is 4.79 Å². The third-order valence-corrected chi connectivity index (χ3v) is 2.19. The van der Waals surface area contributed by atoms with Crippen molar-refractivity contribution in [2.45, 2.75) is 19.3 Å². The second kappa shape index (κ2) is 7.36. The molecule has 4 heteroatoms. The fourth-order valence-corrected chi connectivity index (χ4v) is 1.53. The van der Waals surface area contributed by atoms with Crippen molar-refractivity contribution >= 4 is 29.3 Å². The Morgan fingerprint density at radius 3 is 2.46 bits per heavy atom. The highest BCUT2D eigenvalue weighted by atomic mass is 35.5. The maximum atomic E-state index is 10.3. The number of carbonyl (C=O) groups is 1. The Bertz CT molecular complexity index is 176. The second-order valence-corrected chi connectivity index (χ2v) is 3.44. The Balaban J connectivity index is 0.00000144. The van der Waals surface area contributed by atoms with Crippen molar-refractivity contribution in [2.24, 2.45) is 0 Å². The molecule has 1 rings (SSSR count). The predicted molar refractivity (Wildman–Crippen MR) is 57.5 cm³/mol. The van der Waals surface area contributed by atoms with Crippen molar-refractivity contribution in [3.05, 3.63) is 12.2 Å². The molecular formula is C9H15Cl2NO. The molecule has 0 aromatic rings. The lowest BCUT2D eigenvalue weighted by Gasteiger charge is -2.24. The van der Waals surface area contributed by atoms with Gasteiger partial charge in [-0.2, -0.15) is 0 Å². The molecule has 1 aliphatic rings. The van der Waals surface area contributed by atoms with Crippen LogP contribution < -0.4 is 0 Å². The van der Waals surface area contributed by atoms with Gasteiger partial charge in [-0.3, -0.25) is 9.69 Å². The van der Waals surface area contributed by atoms with Gasteiger partial charge in [0, 0.05) is 6.54 Å². The Morgan fingerprint density at radius 1 is 1.31 bits per heavy atom. The quantitative estimate of drug-likeness (QED) is 0.541. The Hall–Kier alpha value is -0.0500. The van der Waals surface area contributed by atoms with Gasteiger partial charge in [-0.15, -0.1) is 12.4 Å². The van der Waals surface area contributed by atoms with E-state index in [2.05, 4.69) is 4.90 Å². The van der Waals surface area contributed by atoms with Crippen LogP contribution in [0.15, 0.2) is 12.2 Å². The number of halogens is 2. The lowest BCUT2D eigenvalue weighted by Crippen LogP contribution is -2.29. The number of piperidine rings is 1. The minimum Gasteiger partial charge on any atom is -0.300 e. The third-order valence-electron chi connectivity index (χ3n) is 2.06. The molecule has 1 saturated heterocycles. The molecular weight excluding hydrogens is 209 g/mol. The van der Waals surface area contributed by atoms with Crippen molar-refractivity contribution in [3.8, 4) is 0 Å². The van der Waals surface area contributed by atoms with Gasteiger partial charge in [-0.25, -0.2) is 0 Å². The highest BCUT2D eigenvalue weighted by Gasteiger charge is 2.07. The Kier molecular flexibility index (Phi) is 7.33. The summed E-state index contributed by atoms with van der Waals surface area (Å²) in [7, 11) is 0. The van der Waals surface area contributed by atoms with Crippen molar-refractivity contribution in [3.63, 3.8) is 0 Å². The van der Waals surface area contributed by atoms with Crippen LogP contribution in [0, 0.1) is 0 Å². The molecule has 0 radical (unpaired) electrons. The van der Waals surface area contributed by atoms with Gasteiger partial charge >= 0.3 is 0 Å². The molecule has 0 amide bonds. The molecule has 0 spiro atoms. The molecule has 0 saturated carbocycles. The van der Waals surface area contributed by atoms with Crippen molar-refractivity contribution in [1.29, 1.82) is 0 Å². The maximum absolute atomic E-state index is 10.3. The van der Waals surface area contributed by atoms with Crippen LogP contribution in [0.1, 0.15) is 19.3 Å². The zero-order valence-corrected chi connectivity index (χ0v) is 9.11. The Labute approximate surface area is 90.3 Å². The van der Waals surface area contributed by atoms with Crippen LogP contribution in [-0.4, -0.2) is 29.8 Å². The van der Waals surface area contributed by atoms with E-state index in [4.69, 9.17) is 11.6 Å². The number of nitrogens with zero attached hydrogens (tertiary/aromatic N) is 1. The van der Waals surface area contributed by atoms with Crippen LogP contribution in [0.25, 0.3) is 0 Å². The summed E-state index contributed by atoms with van der Waals surface area (Å²) in [6.45, 7) is 3.17. The molecule has 0 aromatic heterocycles. The molecule has 1 aliphatic heterocycles. The zero-order valence-electron chi connectivity index (χ0n) is 7.54. The highest BCUT2D eigenvalue weighted by Crippen LogP contribution is 2.07. The Morgan fingerprint density at radius 2 is 1.92 bits per heavy atom. The smallest absolute Gasteiger partial charge is 0.244 e. The predicted octanol–water partition coefficient (Wildman–Crippen LogP) is 2.22. The standard InChI is InChI=1S/C9H14ClNO.ClH/c10-9(12)5-4-8-11-6-2-1-3-7-11;/h4-5H,1-3,6-8H2;1H/b5-4+;. The highest BCUT2D eigenvalue weighted by molar-refractivity contribution is 6.66. The van der Waals surface area contributed by atoms with E-state index < -0.39 is 0 Å². The van der Waals surface area contributed by atoms with E-state index in [1.54, 1.807) is 0 Å². The van der Waals surface area contributed by atoms with E-state index in [9.17, 15) is 4.79 Å². The summed E-state index contributed by atoms with van der Waals surface area (Å²) < 4.78 is 0. The largest absolute Gasteiger partial charge is 0.300 e. The normalized spacial score (nSPS) is 18.5. The summed E-state index contributed by atoms with van der Waals surface area (Å²) >= 11 is 5.15. The molecule has 0 N–H and O–H groups in total. The minimum atomic E-state index is -0.382. The van der Waals surface area contributed by atoms with Crippen molar-refractivity contribution in [1.82, 2.24) is 4.90 Å². The van der Waals surface area contributed by atoms with Gasteiger partial charge in [0.2, 0.25) is 5.24 Å². The number of likely N-dealkylation sites (tertiary alicyclic amines) is 1. The van der Waals surface area contributed by atoms with Gasteiger partial charge in [0.15, 0.2) is 0 Å². The van der Waals surface area contributed by atoms with Crippen molar-refractivity contribution < 1.29 is 4.79 Å². The SMILES string of the molecule is Cl.O=C(Cl)/C=C/CN1CCCCC1. The van der Waals surface area contributed by atoms with E-state index in [1.165, 1.54) is 25.3 Å². The van der Waals surface area contributed by atoms with Gasteiger partial charge in [-0.05, 0) is 43.6 Å². The summed E-state index contributed by atoms with van der Waals surface area (Å²) in [5, 5.41) is -0.382. The minimum absolute atomic E-state index is 0.